The zero-order valence-electron chi connectivity index (χ0n) is 15.6. The quantitative estimate of drug-likeness (QED) is 0.770. The van der Waals surface area contributed by atoms with E-state index in [4.69, 9.17) is 0 Å². The number of likely N-dealkylation sites (tertiary alicyclic amines) is 1. The summed E-state index contributed by atoms with van der Waals surface area (Å²) in [6.07, 6.45) is 15.5. The molecule has 3 aliphatic rings. The van der Waals surface area contributed by atoms with Crippen LogP contribution in [0.1, 0.15) is 77.0 Å². The average molecular weight is 347 g/mol. The molecule has 4 nitrogen and oxygen atoms in total. The number of allylic oxidation sites excluding steroid dienone is 1. The van der Waals surface area contributed by atoms with Gasteiger partial charge in [0.25, 0.3) is 0 Å². The molecule has 1 N–H and O–H groups in total. The van der Waals surface area contributed by atoms with Crippen molar-refractivity contribution in [3.63, 3.8) is 0 Å². The summed E-state index contributed by atoms with van der Waals surface area (Å²) in [7, 11) is 0. The maximum absolute atomic E-state index is 12.6. The highest BCUT2D eigenvalue weighted by molar-refractivity contribution is 5.81. The average Bonchev–Trinajstić information content (AvgIpc) is 2.69. The molecule has 2 amide bonds. The fourth-order valence-corrected chi connectivity index (χ4v) is 4.60. The third-order valence-corrected chi connectivity index (χ3v) is 6.25. The minimum atomic E-state index is 0.116. The SMILES string of the molecule is O=C(NCCC1=CCCCC1)C1CCC(C(=O)N2CCCCC2)CC1. The van der Waals surface area contributed by atoms with Crippen LogP contribution in [0.4, 0.5) is 0 Å². The summed E-state index contributed by atoms with van der Waals surface area (Å²) in [5.41, 5.74) is 1.52. The van der Waals surface area contributed by atoms with Gasteiger partial charge in [0, 0.05) is 31.5 Å². The van der Waals surface area contributed by atoms with Gasteiger partial charge in [-0.1, -0.05) is 11.6 Å². The Morgan fingerprint density at radius 1 is 0.960 bits per heavy atom. The number of amides is 2. The van der Waals surface area contributed by atoms with Gasteiger partial charge in [0.05, 0.1) is 0 Å². The summed E-state index contributed by atoms with van der Waals surface area (Å²) >= 11 is 0. The molecular weight excluding hydrogens is 312 g/mol. The predicted molar refractivity (Wildman–Crippen MR) is 100 cm³/mol. The van der Waals surface area contributed by atoms with Crippen LogP contribution >= 0.6 is 0 Å². The van der Waals surface area contributed by atoms with E-state index < -0.39 is 0 Å². The van der Waals surface area contributed by atoms with Crippen molar-refractivity contribution in [2.75, 3.05) is 19.6 Å². The van der Waals surface area contributed by atoms with Crippen molar-refractivity contribution in [2.24, 2.45) is 11.8 Å². The lowest BCUT2D eigenvalue weighted by Gasteiger charge is -2.33. The number of nitrogens with zero attached hydrogens (tertiary/aromatic N) is 1. The second-order valence-corrected chi connectivity index (χ2v) is 8.08. The molecule has 0 atom stereocenters. The monoisotopic (exact) mass is 346 g/mol. The number of nitrogens with one attached hydrogen (secondary N) is 1. The lowest BCUT2D eigenvalue weighted by atomic mass is 9.80. The molecule has 4 heteroatoms. The van der Waals surface area contributed by atoms with Gasteiger partial charge in [0.2, 0.25) is 11.8 Å². The maximum atomic E-state index is 12.6. The normalized spacial score (nSPS) is 27.5. The first kappa shape index (κ1) is 18.5. The van der Waals surface area contributed by atoms with Crippen LogP contribution in [0.2, 0.25) is 0 Å². The highest BCUT2D eigenvalue weighted by Crippen LogP contribution is 2.31. The molecule has 1 aliphatic heterocycles. The van der Waals surface area contributed by atoms with Crippen molar-refractivity contribution in [3.05, 3.63) is 11.6 Å². The van der Waals surface area contributed by atoms with Crippen molar-refractivity contribution in [3.8, 4) is 0 Å². The molecule has 3 rings (SSSR count). The third-order valence-electron chi connectivity index (χ3n) is 6.25. The van der Waals surface area contributed by atoms with Gasteiger partial charge in [-0.25, -0.2) is 0 Å². The number of hydrogen-bond donors (Lipinski definition) is 1. The zero-order chi connectivity index (χ0) is 17.5. The molecule has 0 spiro atoms. The van der Waals surface area contributed by atoms with E-state index >= 15 is 0 Å². The van der Waals surface area contributed by atoms with Crippen molar-refractivity contribution >= 4 is 11.8 Å². The Balaban J connectivity index is 1.35. The van der Waals surface area contributed by atoms with Gasteiger partial charge in [-0.15, -0.1) is 0 Å². The fraction of sp³-hybridized carbons (Fsp3) is 0.810. The number of hydrogen-bond acceptors (Lipinski definition) is 2. The Bertz CT molecular complexity index is 486. The van der Waals surface area contributed by atoms with E-state index in [9.17, 15) is 9.59 Å². The Labute approximate surface area is 152 Å². The molecule has 0 radical (unpaired) electrons. The van der Waals surface area contributed by atoms with E-state index in [2.05, 4.69) is 16.3 Å². The Morgan fingerprint density at radius 2 is 1.68 bits per heavy atom. The second-order valence-electron chi connectivity index (χ2n) is 8.08. The highest BCUT2D eigenvalue weighted by atomic mass is 16.2. The predicted octanol–water partition coefficient (Wildman–Crippen LogP) is 3.81. The molecular formula is C21H34N2O2. The first-order chi connectivity index (χ1) is 12.2. The largest absolute Gasteiger partial charge is 0.356 e. The lowest BCUT2D eigenvalue weighted by Crippen LogP contribution is -2.42. The summed E-state index contributed by atoms with van der Waals surface area (Å²) < 4.78 is 0. The molecule has 140 valence electrons. The van der Waals surface area contributed by atoms with Gasteiger partial charge in [-0.3, -0.25) is 9.59 Å². The molecule has 25 heavy (non-hydrogen) atoms. The third kappa shape index (κ3) is 5.32. The van der Waals surface area contributed by atoms with Crippen molar-refractivity contribution in [1.29, 1.82) is 0 Å². The number of carbonyl (C=O) groups is 2. The van der Waals surface area contributed by atoms with Gasteiger partial charge in [0.15, 0.2) is 0 Å². The summed E-state index contributed by atoms with van der Waals surface area (Å²) in [4.78, 5) is 27.0. The van der Waals surface area contributed by atoms with Gasteiger partial charge >= 0.3 is 0 Å². The fourth-order valence-electron chi connectivity index (χ4n) is 4.60. The minimum Gasteiger partial charge on any atom is -0.356 e. The lowest BCUT2D eigenvalue weighted by molar-refractivity contribution is -0.139. The van der Waals surface area contributed by atoms with Crippen LogP contribution in [-0.2, 0) is 9.59 Å². The van der Waals surface area contributed by atoms with Crippen LogP contribution < -0.4 is 5.32 Å². The van der Waals surface area contributed by atoms with E-state index in [1.54, 1.807) is 0 Å². The number of carbonyl (C=O) groups excluding carboxylic acids is 2. The molecule has 0 bridgehead atoms. The topological polar surface area (TPSA) is 49.4 Å². The van der Waals surface area contributed by atoms with E-state index in [-0.39, 0.29) is 17.7 Å². The van der Waals surface area contributed by atoms with Crippen molar-refractivity contribution < 1.29 is 9.59 Å². The molecule has 1 heterocycles. The highest BCUT2D eigenvalue weighted by Gasteiger charge is 2.32. The Hall–Kier alpha value is -1.32. The van der Waals surface area contributed by atoms with E-state index in [1.165, 1.54) is 37.7 Å². The smallest absolute Gasteiger partial charge is 0.225 e. The Kier molecular flexibility index (Phi) is 6.94. The molecule has 1 saturated carbocycles. The number of rotatable bonds is 5. The van der Waals surface area contributed by atoms with Crippen LogP contribution in [0.3, 0.4) is 0 Å². The van der Waals surface area contributed by atoms with Crippen molar-refractivity contribution in [2.45, 2.75) is 77.0 Å². The molecule has 0 aromatic heterocycles. The van der Waals surface area contributed by atoms with Crippen LogP contribution in [0.5, 0.6) is 0 Å². The molecule has 2 aliphatic carbocycles. The minimum absolute atomic E-state index is 0.116. The first-order valence-electron chi connectivity index (χ1n) is 10.5. The number of piperidine rings is 1. The van der Waals surface area contributed by atoms with Crippen LogP contribution in [-0.4, -0.2) is 36.3 Å². The molecule has 1 saturated heterocycles. The standard InChI is InChI=1S/C21H34N2O2/c24-20(22-14-13-17-7-3-1-4-8-17)18-9-11-19(12-10-18)21(25)23-15-5-2-6-16-23/h7,18-19H,1-6,8-16H2,(H,22,24). The second kappa shape index (κ2) is 9.40. The van der Waals surface area contributed by atoms with Crippen LogP contribution in [0.25, 0.3) is 0 Å². The summed E-state index contributed by atoms with van der Waals surface area (Å²) in [6.45, 7) is 2.65. The van der Waals surface area contributed by atoms with Crippen molar-refractivity contribution in [1.82, 2.24) is 10.2 Å². The van der Waals surface area contributed by atoms with Gasteiger partial charge < -0.3 is 10.2 Å². The van der Waals surface area contributed by atoms with Gasteiger partial charge in [-0.2, -0.15) is 0 Å². The van der Waals surface area contributed by atoms with E-state index in [1.807, 2.05) is 0 Å². The molecule has 0 unspecified atom stereocenters. The van der Waals surface area contributed by atoms with Crippen LogP contribution in [0, 0.1) is 11.8 Å². The molecule has 0 aromatic rings. The first-order valence-corrected chi connectivity index (χ1v) is 10.5. The van der Waals surface area contributed by atoms with Gasteiger partial charge in [-0.05, 0) is 77.0 Å². The maximum Gasteiger partial charge on any atom is 0.225 e. The Morgan fingerprint density at radius 3 is 2.36 bits per heavy atom. The zero-order valence-corrected chi connectivity index (χ0v) is 15.6. The van der Waals surface area contributed by atoms with Gasteiger partial charge in [0.1, 0.15) is 0 Å². The van der Waals surface area contributed by atoms with E-state index in [0.29, 0.717) is 5.91 Å². The molecule has 0 aromatic carbocycles. The van der Waals surface area contributed by atoms with E-state index in [0.717, 1.165) is 64.6 Å². The molecule has 2 fully saturated rings. The summed E-state index contributed by atoms with van der Waals surface area (Å²) in [6, 6.07) is 0. The summed E-state index contributed by atoms with van der Waals surface area (Å²) in [5.74, 6) is 0.836. The summed E-state index contributed by atoms with van der Waals surface area (Å²) in [5, 5.41) is 3.13. The van der Waals surface area contributed by atoms with Crippen LogP contribution in [0.15, 0.2) is 11.6 Å².